The minimum atomic E-state index is 0.00954. The van der Waals surface area contributed by atoms with Crippen molar-refractivity contribution in [1.29, 1.82) is 5.26 Å². The van der Waals surface area contributed by atoms with E-state index in [1.54, 1.807) is 0 Å². The molecule has 1 amide bonds. The molecule has 1 heterocycles. The summed E-state index contributed by atoms with van der Waals surface area (Å²) in [5, 5.41) is 14.7. The number of carbonyl (C=O) groups is 1. The molecule has 0 aliphatic carbocycles. The van der Waals surface area contributed by atoms with Crippen LogP contribution in [0.4, 0.5) is 0 Å². The molecule has 1 rings (SSSR count). The van der Waals surface area contributed by atoms with Crippen molar-refractivity contribution in [3.05, 3.63) is 0 Å². The molecule has 15 heavy (non-hydrogen) atoms. The van der Waals surface area contributed by atoms with E-state index in [-0.39, 0.29) is 17.9 Å². The van der Waals surface area contributed by atoms with Crippen molar-refractivity contribution in [3.63, 3.8) is 0 Å². The molecule has 1 unspecified atom stereocenters. The zero-order chi connectivity index (χ0) is 11.3. The summed E-state index contributed by atoms with van der Waals surface area (Å²) in [6, 6.07) is 2.11. The normalized spacial score (nSPS) is 27.0. The first-order chi connectivity index (χ1) is 7.19. The molecule has 1 saturated heterocycles. The molecular formula is C11H19N3O. The lowest BCUT2D eigenvalue weighted by Crippen LogP contribution is -2.40. The quantitative estimate of drug-likeness (QED) is 0.714. The van der Waals surface area contributed by atoms with E-state index < -0.39 is 0 Å². The van der Waals surface area contributed by atoms with Crippen LogP contribution in [-0.2, 0) is 4.79 Å². The van der Waals surface area contributed by atoms with Crippen LogP contribution in [0.5, 0.6) is 0 Å². The van der Waals surface area contributed by atoms with Gasteiger partial charge < -0.3 is 10.6 Å². The molecule has 1 fully saturated rings. The van der Waals surface area contributed by atoms with Gasteiger partial charge in [0.2, 0.25) is 5.91 Å². The Labute approximate surface area is 91.0 Å². The molecule has 0 radical (unpaired) electrons. The van der Waals surface area contributed by atoms with Gasteiger partial charge in [-0.25, -0.2) is 0 Å². The Morgan fingerprint density at radius 3 is 2.87 bits per heavy atom. The lowest BCUT2D eigenvalue weighted by Gasteiger charge is -2.19. The summed E-state index contributed by atoms with van der Waals surface area (Å²) in [6.07, 6.45) is 1.21. The Morgan fingerprint density at radius 1 is 1.67 bits per heavy atom. The number of rotatable bonds is 4. The van der Waals surface area contributed by atoms with E-state index >= 15 is 0 Å². The van der Waals surface area contributed by atoms with Gasteiger partial charge in [-0.1, -0.05) is 13.8 Å². The molecule has 4 heteroatoms. The summed E-state index contributed by atoms with van der Waals surface area (Å²) < 4.78 is 0. The van der Waals surface area contributed by atoms with Gasteiger partial charge in [-0.15, -0.1) is 0 Å². The van der Waals surface area contributed by atoms with Crippen LogP contribution in [0.25, 0.3) is 0 Å². The summed E-state index contributed by atoms with van der Waals surface area (Å²) in [7, 11) is 0. The van der Waals surface area contributed by atoms with E-state index in [2.05, 4.69) is 23.6 Å². The van der Waals surface area contributed by atoms with E-state index in [9.17, 15) is 4.79 Å². The number of nitrogens with one attached hydrogen (secondary N) is 2. The Bertz CT molecular complexity index is 259. The number of hydrogen-bond donors (Lipinski definition) is 2. The van der Waals surface area contributed by atoms with Crippen LogP contribution >= 0.6 is 0 Å². The van der Waals surface area contributed by atoms with E-state index in [0.717, 1.165) is 19.5 Å². The number of nitriles is 1. The van der Waals surface area contributed by atoms with Crippen LogP contribution in [0, 0.1) is 23.2 Å². The van der Waals surface area contributed by atoms with Crippen molar-refractivity contribution in [2.45, 2.75) is 32.7 Å². The monoisotopic (exact) mass is 209 g/mol. The third-order valence-electron chi connectivity index (χ3n) is 3.03. The predicted molar refractivity (Wildman–Crippen MR) is 58.0 cm³/mol. The molecule has 0 spiro atoms. The maximum Gasteiger partial charge on any atom is 0.224 e. The number of carbonyl (C=O) groups excluding carboxylic acids is 1. The molecule has 1 aliphatic rings. The fraction of sp³-hybridized carbons (Fsp3) is 0.818. The molecule has 3 atom stereocenters. The minimum absolute atomic E-state index is 0.00954. The van der Waals surface area contributed by atoms with Crippen LogP contribution in [0.3, 0.4) is 0 Å². The maximum absolute atomic E-state index is 11.8. The molecule has 0 aromatic rings. The standard InChI is InChI=1S/C11H19N3O/c1-3-9(4-5-12)14-11(15)10-7-13-6-8(10)2/h8-10,13H,3-4,6-7H2,1-2H3,(H,14,15)/t8-,9?,10-/m1/s1. The van der Waals surface area contributed by atoms with E-state index in [1.807, 2.05) is 6.92 Å². The zero-order valence-corrected chi connectivity index (χ0v) is 9.42. The van der Waals surface area contributed by atoms with E-state index in [4.69, 9.17) is 5.26 Å². The number of amides is 1. The fourth-order valence-electron chi connectivity index (χ4n) is 1.88. The van der Waals surface area contributed by atoms with Crippen LogP contribution in [0.15, 0.2) is 0 Å². The smallest absolute Gasteiger partial charge is 0.224 e. The molecule has 0 aromatic carbocycles. The first kappa shape index (κ1) is 12.0. The minimum Gasteiger partial charge on any atom is -0.352 e. The summed E-state index contributed by atoms with van der Waals surface area (Å²) in [4.78, 5) is 11.8. The van der Waals surface area contributed by atoms with Gasteiger partial charge >= 0.3 is 0 Å². The SMILES string of the molecule is CCC(CC#N)NC(=O)[C@@H]1CNC[C@H]1C. The Kier molecular flexibility index (Phi) is 4.57. The van der Waals surface area contributed by atoms with Crippen molar-refractivity contribution < 1.29 is 4.79 Å². The molecule has 0 bridgehead atoms. The molecule has 4 nitrogen and oxygen atoms in total. The first-order valence-electron chi connectivity index (χ1n) is 5.57. The van der Waals surface area contributed by atoms with Crippen LogP contribution in [-0.4, -0.2) is 25.0 Å². The topological polar surface area (TPSA) is 64.9 Å². The molecule has 0 saturated carbocycles. The highest BCUT2D eigenvalue weighted by Gasteiger charge is 2.30. The van der Waals surface area contributed by atoms with Crippen molar-refractivity contribution in [2.75, 3.05) is 13.1 Å². The second kappa shape index (κ2) is 5.72. The first-order valence-corrected chi connectivity index (χ1v) is 5.57. The second-order valence-electron chi connectivity index (χ2n) is 4.22. The fourth-order valence-corrected chi connectivity index (χ4v) is 1.88. The summed E-state index contributed by atoms with van der Waals surface area (Å²) in [5.41, 5.74) is 0. The highest BCUT2D eigenvalue weighted by atomic mass is 16.2. The van der Waals surface area contributed by atoms with Crippen LogP contribution in [0.1, 0.15) is 26.7 Å². The lowest BCUT2D eigenvalue weighted by molar-refractivity contribution is -0.126. The van der Waals surface area contributed by atoms with Gasteiger partial charge in [0.25, 0.3) is 0 Å². The molecule has 1 aliphatic heterocycles. The Balaban J connectivity index is 2.43. The van der Waals surface area contributed by atoms with Gasteiger partial charge in [0.1, 0.15) is 0 Å². The summed E-state index contributed by atoms with van der Waals surface area (Å²) in [5.74, 6) is 0.553. The summed E-state index contributed by atoms with van der Waals surface area (Å²) >= 11 is 0. The molecule has 84 valence electrons. The van der Waals surface area contributed by atoms with Crippen molar-refractivity contribution >= 4 is 5.91 Å². The average molecular weight is 209 g/mol. The number of nitrogens with zero attached hydrogens (tertiary/aromatic N) is 1. The Morgan fingerprint density at radius 2 is 2.40 bits per heavy atom. The predicted octanol–water partition coefficient (Wildman–Crippen LogP) is 0.650. The third-order valence-corrected chi connectivity index (χ3v) is 3.03. The molecule has 0 aromatic heterocycles. The van der Waals surface area contributed by atoms with Gasteiger partial charge in [-0.05, 0) is 18.9 Å². The van der Waals surface area contributed by atoms with Crippen LogP contribution in [0.2, 0.25) is 0 Å². The highest BCUT2D eigenvalue weighted by molar-refractivity contribution is 5.79. The van der Waals surface area contributed by atoms with E-state index in [1.165, 1.54) is 0 Å². The number of hydrogen-bond acceptors (Lipinski definition) is 3. The van der Waals surface area contributed by atoms with Gasteiger partial charge in [0.15, 0.2) is 0 Å². The van der Waals surface area contributed by atoms with Crippen molar-refractivity contribution in [2.24, 2.45) is 11.8 Å². The zero-order valence-electron chi connectivity index (χ0n) is 9.42. The molecular weight excluding hydrogens is 190 g/mol. The van der Waals surface area contributed by atoms with E-state index in [0.29, 0.717) is 12.3 Å². The van der Waals surface area contributed by atoms with Crippen molar-refractivity contribution in [3.8, 4) is 6.07 Å². The van der Waals surface area contributed by atoms with Gasteiger partial charge in [0, 0.05) is 12.6 Å². The average Bonchev–Trinajstić information content (AvgIpc) is 2.63. The van der Waals surface area contributed by atoms with Crippen LogP contribution < -0.4 is 10.6 Å². The Hall–Kier alpha value is -1.08. The van der Waals surface area contributed by atoms with Gasteiger partial charge in [-0.2, -0.15) is 5.26 Å². The van der Waals surface area contributed by atoms with Gasteiger partial charge in [0.05, 0.1) is 18.4 Å². The maximum atomic E-state index is 11.8. The highest BCUT2D eigenvalue weighted by Crippen LogP contribution is 2.16. The third kappa shape index (κ3) is 3.21. The molecule has 2 N–H and O–H groups in total. The largest absolute Gasteiger partial charge is 0.352 e. The van der Waals surface area contributed by atoms with Crippen molar-refractivity contribution in [1.82, 2.24) is 10.6 Å². The lowest BCUT2D eigenvalue weighted by atomic mass is 9.96. The van der Waals surface area contributed by atoms with Gasteiger partial charge in [-0.3, -0.25) is 4.79 Å². The summed E-state index contributed by atoms with van der Waals surface area (Å²) in [6.45, 7) is 5.73. The second-order valence-corrected chi connectivity index (χ2v) is 4.22.